The number of hydrogen-bond donors (Lipinski definition) is 0. The third kappa shape index (κ3) is 7.75. The Morgan fingerprint density at radius 3 is 1.79 bits per heavy atom. The summed E-state index contributed by atoms with van der Waals surface area (Å²) >= 11 is 0. The first kappa shape index (κ1) is 25.1. The second-order valence-corrected chi connectivity index (χ2v) is 8.82. The molecule has 0 aliphatic heterocycles. The van der Waals surface area contributed by atoms with Gasteiger partial charge in [0.2, 0.25) is 0 Å². The normalized spacial score (nSPS) is 12.0. The predicted octanol–water partition coefficient (Wildman–Crippen LogP) is 9.25. The molecule has 0 aromatic heterocycles. The minimum atomic E-state index is 0.126. The maximum absolute atomic E-state index is 6.10. The summed E-state index contributed by atoms with van der Waals surface area (Å²) in [6.07, 6.45) is 8.90. The lowest BCUT2D eigenvalue weighted by Gasteiger charge is -2.15. The van der Waals surface area contributed by atoms with Crippen LogP contribution in [-0.4, -0.2) is 13.2 Å². The van der Waals surface area contributed by atoms with E-state index in [1.807, 2.05) is 0 Å². The fourth-order valence-corrected chi connectivity index (χ4v) is 4.11. The molecular weight excluding hydrogens is 404 g/mol. The Balaban J connectivity index is 1.62. The number of benzene rings is 3. The third-order valence-corrected chi connectivity index (χ3v) is 6.12. The number of unbranched alkanes of at least 4 members (excludes halogenated alkanes) is 5. The molecule has 0 bridgehead atoms. The van der Waals surface area contributed by atoms with E-state index < -0.39 is 0 Å². The van der Waals surface area contributed by atoms with Gasteiger partial charge in [0.05, 0.1) is 12.7 Å². The largest absolute Gasteiger partial charge is 0.494 e. The highest BCUT2D eigenvalue weighted by Gasteiger charge is 2.10. The molecule has 176 valence electrons. The molecule has 1 unspecified atom stereocenters. The molecule has 0 aliphatic rings. The Bertz CT molecular complexity index is 928. The van der Waals surface area contributed by atoms with Gasteiger partial charge in [0.15, 0.2) is 0 Å². The lowest BCUT2D eigenvalue weighted by atomic mass is 9.94. The van der Waals surface area contributed by atoms with Crippen molar-refractivity contribution in [3.05, 3.63) is 78.4 Å². The van der Waals surface area contributed by atoms with E-state index in [0.29, 0.717) is 0 Å². The van der Waals surface area contributed by atoms with Gasteiger partial charge >= 0.3 is 0 Å². The van der Waals surface area contributed by atoms with Crippen molar-refractivity contribution in [3.63, 3.8) is 0 Å². The summed E-state index contributed by atoms with van der Waals surface area (Å²) in [6, 6.07) is 25.9. The molecule has 1 atom stereocenters. The van der Waals surface area contributed by atoms with Crippen molar-refractivity contribution in [1.29, 1.82) is 0 Å². The molecular formula is C31H40O2. The minimum absolute atomic E-state index is 0.126. The first-order valence-electron chi connectivity index (χ1n) is 12.8. The van der Waals surface area contributed by atoms with Gasteiger partial charge in [-0.15, -0.1) is 0 Å². The van der Waals surface area contributed by atoms with E-state index in [4.69, 9.17) is 9.47 Å². The lowest BCUT2D eigenvalue weighted by Crippen LogP contribution is -2.02. The summed E-state index contributed by atoms with van der Waals surface area (Å²) in [7, 11) is 0. The summed E-state index contributed by atoms with van der Waals surface area (Å²) in [5.41, 5.74) is 6.14. The van der Waals surface area contributed by atoms with Crippen molar-refractivity contribution in [3.8, 4) is 28.0 Å². The summed E-state index contributed by atoms with van der Waals surface area (Å²) in [6.45, 7) is 8.13. The maximum Gasteiger partial charge on any atom is 0.119 e. The van der Waals surface area contributed by atoms with Gasteiger partial charge in [0, 0.05) is 6.61 Å². The van der Waals surface area contributed by atoms with Gasteiger partial charge in [-0.05, 0) is 59.7 Å². The highest BCUT2D eigenvalue weighted by atomic mass is 16.5. The van der Waals surface area contributed by atoms with Crippen LogP contribution in [0.15, 0.2) is 72.8 Å². The van der Waals surface area contributed by atoms with Crippen molar-refractivity contribution in [2.75, 3.05) is 13.2 Å². The zero-order chi connectivity index (χ0) is 23.3. The lowest BCUT2D eigenvalue weighted by molar-refractivity contribution is 0.0627. The summed E-state index contributed by atoms with van der Waals surface area (Å²) in [5, 5.41) is 0. The maximum atomic E-state index is 6.10. The topological polar surface area (TPSA) is 18.5 Å². The molecule has 2 nitrogen and oxygen atoms in total. The van der Waals surface area contributed by atoms with Crippen LogP contribution < -0.4 is 4.74 Å². The summed E-state index contributed by atoms with van der Waals surface area (Å²) in [4.78, 5) is 0. The minimum Gasteiger partial charge on any atom is -0.494 e. The molecule has 3 aromatic rings. The summed E-state index contributed by atoms with van der Waals surface area (Å²) < 4.78 is 11.8. The summed E-state index contributed by atoms with van der Waals surface area (Å²) in [5.74, 6) is 0.928. The monoisotopic (exact) mass is 444 g/mol. The van der Waals surface area contributed by atoms with Crippen LogP contribution in [0.1, 0.15) is 77.4 Å². The SMILES string of the molecule is CCCCCCCCOC(C)c1ccc(-c2ccccc2-c2ccc(OCCC)cc2)cc1. The van der Waals surface area contributed by atoms with Crippen LogP contribution in [0.5, 0.6) is 5.75 Å². The van der Waals surface area contributed by atoms with E-state index in [-0.39, 0.29) is 6.10 Å². The Labute approximate surface area is 201 Å². The smallest absolute Gasteiger partial charge is 0.119 e. The molecule has 0 spiro atoms. The highest BCUT2D eigenvalue weighted by Crippen LogP contribution is 2.33. The van der Waals surface area contributed by atoms with Crippen LogP contribution >= 0.6 is 0 Å². The molecule has 0 heterocycles. The fraction of sp³-hybridized carbons (Fsp3) is 0.419. The van der Waals surface area contributed by atoms with E-state index in [9.17, 15) is 0 Å². The average molecular weight is 445 g/mol. The molecule has 0 fully saturated rings. The van der Waals surface area contributed by atoms with Gasteiger partial charge in [0.1, 0.15) is 5.75 Å². The average Bonchev–Trinajstić information content (AvgIpc) is 2.87. The van der Waals surface area contributed by atoms with Gasteiger partial charge < -0.3 is 9.47 Å². The Morgan fingerprint density at radius 2 is 1.18 bits per heavy atom. The van der Waals surface area contributed by atoms with Crippen LogP contribution in [0, 0.1) is 0 Å². The first-order chi connectivity index (χ1) is 16.2. The van der Waals surface area contributed by atoms with Crippen LogP contribution in [-0.2, 0) is 4.74 Å². The Kier molecular flexibility index (Phi) is 10.5. The van der Waals surface area contributed by atoms with Crippen molar-refractivity contribution < 1.29 is 9.47 Å². The molecule has 0 amide bonds. The van der Waals surface area contributed by atoms with Crippen LogP contribution in [0.3, 0.4) is 0 Å². The molecule has 0 saturated carbocycles. The third-order valence-electron chi connectivity index (χ3n) is 6.12. The first-order valence-corrected chi connectivity index (χ1v) is 12.8. The molecule has 0 saturated heterocycles. The van der Waals surface area contributed by atoms with E-state index in [2.05, 4.69) is 93.6 Å². The van der Waals surface area contributed by atoms with Crippen LogP contribution in [0.25, 0.3) is 22.3 Å². The number of ether oxygens (including phenoxy) is 2. The molecule has 0 N–H and O–H groups in total. The quantitative estimate of drug-likeness (QED) is 0.231. The molecule has 3 aromatic carbocycles. The zero-order valence-electron chi connectivity index (χ0n) is 20.7. The standard InChI is InChI=1S/C31H40O2/c1-4-6-7-8-9-12-24-32-25(3)26-15-17-27(18-16-26)30-13-10-11-14-31(30)28-19-21-29(22-20-28)33-23-5-2/h10-11,13-22,25H,4-9,12,23-24H2,1-3H3. The number of hydrogen-bond acceptors (Lipinski definition) is 2. The molecule has 3 rings (SSSR count). The predicted molar refractivity (Wildman–Crippen MR) is 141 cm³/mol. The van der Waals surface area contributed by atoms with Gasteiger partial charge in [-0.3, -0.25) is 0 Å². The van der Waals surface area contributed by atoms with Gasteiger partial charge in [-0.1, -0.05) is 107 Å². The molecule has 33 heavy (non-hydrogen) atoms. The Morgan fingerprint density at radius 1 is 0.606 bits per heavy atom. The molecule has 0 radical (unpaired) electrons. The van der Waals surface area contributed by atoms with Gasteiger partial charge in [-0.2, -0.15) is 0 Å². The Hall–Kier alpha value is -2.58. The number of rotatable bonds is 14. The van der Waals surface area contributed by atoms with E-state index in [0.717, 1.165) is 31.8 Å². The molecule has 0 aliphatic carbocycles. The highest BCUT2D eigenvalue weighted by molar-refractivity contribution is 5.83. The van der Waals surface area contributed by atoms with Crippen molar-refractivity contribution in [2.45, 2.75) is 71.8 Å². The second kappa shape index (κ2) is 13.9. The second-order valence-electron chi connectivity index (χ2n) is 8.82. The fourth-order valence-electron chi connectivity index (χ4n) is 4.11. The van der Waals surface area contributed by atoms with E-state index >= 15 is 0 Å². The van der Waals surface area contributed by atoms with Gasteiger partial charge in [-0.25, -0.2) is 0 Å². The van der Waals surface area contributed by atoms with Crippen molar-refractivity contribution in [1.82, 2.24) is 0 Å². The van der Waals surface area contributed by atoms with E-state index in [1.54, 1.807) is 0 Å². The van der Waals surface area contributed by atoms with Crippen molar-refractivity contribution in [2.24, 2.45) is 0 Å². The zero-order valence-corrected chi connectivity index (χ0v) is 20.7. The van der Waals surface area contributed by atoms with E-state index in [1.165, 1.54) is 59.9 Å². The van der Waals surface area contributed by atoms with Crippen molar-refractivity contribution >= 4 is 0 Å². The van der Waals surface area contributed by atoms with Gasteiger partial charge in [0.25, 0.3) is 0 Å². The van der Waals surface area contributed by atoms with Crippen LogP contribution in [0.2, 0.25) is 0 Å². The molecule has 2 heteroatoms. The van der Waals surface area contributed by atoms with Crippen LogP contribution in [0.4, 0.5) is 0 Å².